The number of rotatable bonds is 6. The number of nitro benzene ring substituents is 2. The highest BCUT2D eigenvalue weighted by atomic mass is 16.6. The predicted molar refractivity (Wildman–Crippen MR) is 183 cm³/mol. The Morgan fingerprint density at radius 1 is 0.720 bits per heavy atom. The fourth-order valence-electron chi connectivity index (χ4n) is 5.27. The third kappa shape index (κ3) is 10.9. The number of hydrogen-bond acceptors (Lipinski definition) is 13. The van der Waals surface area contributed by atoms with Crippen molar-refractivity contribution in [2.45, 2.75) is 64.8 Å². The molecule has 0 saturated carbocycles. The molecule has 50 heavy (non-hydrogen) atoms. The number of carbonyl (C=O) groups excluding carboxylic acids is 3. The van der Waals surface area contributed by atoms with Crippen LogP contribution in [0.25, 0.3) is 0 Å². The summed E-state index contributed by atoms with van der Waals surface area (Å²) in [5.74, 6) is -0.539. The number of aliphatic hydroxyl groups excluding tert-OH is 1. The lowest BCUT2D eigenvalue weighted by Gasteiger charge is -2.41. The monoisotopic (exact) mass is 702 g/mol. The Labute approximate surface area is 290 Å². The van der Waals surface area contributed by atoms with Crippen LogP contribution in [0.5, 0.6) is 0 Å². The quantitative estimate of drug-likeness (QED) is 0.195. The van der Waals surface area contributed by atoms with Crippen molar-refractivity contribution >= 4 is 40.9 Å². The van der Waals surface area contributed by atoms with Crippen LogP contribution in [0.4, 0.5) is 32.3 Å². The molecule has 2 aromatic rings. The number of piperazine rings is 2. The Hall–Kier alpha value is -5.19. The lowest BCUT2D eigenvalue weighted by atomic mass is 10.1. The molecular formula is C33H46N6O11. The van der Waals surface area contributed by atoms with Gasteiger partial charge in [-0.1, -0.05) is 0 Å². The van der Waals surface area contributed by atoms with E-state index in [-0.39, 0.29) is 37.1 Å². The Morgan fingerprint density at radius 2 is 1.12 bits per heavy atom. The molecule has 0 radical (unpaired) electrons. The number of amides is 2. The first-order valence-electron chi connectivity index (χ1n) is 16.0. The molecule has 0 spiro atoms. The average molecular weight is 703 g/mol. The molecule has 2 heterocycles. The van der Waals surface area contributed by atoms with E-state index in [4.69, 9.17) is 14.2 Å². The Balaban J connectivity index is 0.000000271. The zero-order valence-electron chi connectivity index (χ0n) is 29.4. The number of hydrogen-bond donors (Lipinski definition) is 1. The standard InChI is InChI=1S/C17H23N3O6.C16H23N3O5/c1-17(2,3)26-16(22)19-10-9-18(11-14(19)15(21)25-4)12-5-7-13(8-6-12)20(23)24;1-16(2,3)24-15(21)18-9-8-17(10-14(18)11-20)12-4-6-13(7-5-12)19(22)23/h5-8,14H,9-11H2,1-4H3;4-7,14,20H,8-11H2,1-3H3. The van der Waals surface area contributed by atoms with Gasteiger partial charge in [-0.3, -0.25) is 30.0 Å². The van der Waals surface area contributed by atoms with Crippen molar-refractivity contribution in [3.05, 3.63) is 68.8 Å². The van der Waals surface area contributed by atoms with Gasteiger partial charge in [-0.25, -0.2) is 14.4 Å². The molecule has 4 rings (SSSR count). The largest absolute Gasteiger partial charge is 0.467 e. The molecule has 2 unspecified atom stereocenters. The number of aliphatic hydroxyl groups is 1. The van der Waals surface area contributed by atoms with Gasteiger partial charge < -0.3 is 29.1 Å². The van der Waals surface area contributed by atoms with Gasteiger partial charge in [-0.2, -0.15) is 0 Å². The van der Waals surface area contributed by atoms with Crippen LogP contribution in [-0.4, -0.2) is 119 Å². The van der Waals surface area contributed by atoms with E-state index < -0.39 is 45.2 Å². The zero-order chi connectivity index (χ0) is 37.4. The maximum absolute atomic E-state index is 12.4. The second-order valence-corrected chi connectivity index (χ2v) is 13.7. The number of ether oxygens (including phenoxy) is 3. The zero-order valence-corrected chi connectivity index (χ0v) is 29.4. The summed E-state index contributed by atoms with van der Waals surface area (Å²) in [6.45, 7) is 12.8. The summed E-state index contributed by atoms with van der Waals surface area (Å²) in [6, 6.07) is 11.1. The van der Waals surface area contributed by atoms with Gasteiger partial charge in [0.2, 0.25) is 0 Å². The van der Waals surface area contributed by atoms with Crippen LogP contribution >= 0.6 is 0 Å². The van der Waals surface area contributed by atoms with Crippen molar-refractivity contribution in [1.82, 2.24) is 9.80 Å². The molecule has 2 aliphatic heterocycles. The van der Waals surface area contributed by atoms with Gasteiger partial charge in [-0.15, -0.1) is 0 Å². The second-order valence-electron chi connectivity index (χ2n) is 13.7. The van der Waals surface area contributed by atoms with Crippen molar-refractivity contribution in [2.75, 3.05) is 62.8 Å². The number of nitro groups is 2. The van der Waals surface area contributed by atoms with Crippen molar-refractivity contribution in [1.29, 1.82) is 0 Å². The summed E-state index contributed by atoms with van der Waals surface area (Å²) in [5, 5.41) is 31.1. The van der Waals surface area contributed by atoms with Crippen molar-refractivity contribution in [3.63, 3.8) is 0 Å². The first kappa shape index (κ1) is 39.3. The van der Waals surface area contributed by atoms with E-state index in [1.54, 1.807) is 65.8 Å². The van der Waals surface area contributed by atoms with Crippen LogP contribution in [0.2, 0.25) is 0 Å². The minimum absolute atomic E-state index is 0.00865. The molecule has 0 aliphatic carbocycles. The van der Waals surface area contributed by atoms with E-state index in [0.29, 0.717) is 26.2 Å². The second kappa shape index (κ2) is 16.5. The van der Waals surface area contributed by atoms with E-state index >= 15 is 0 Å². The molecule has 2 aliphatic rings. The van der Waals surface area contributed by atoms with Crippen molar-refractivity contribution in [2.24, 2.45) is 0 Å². The number of methoxy groups -OCH3 is 1. The van der Waals surface area contributed by atoms with Crippen molar-refractivity contribution in [3.8, 4) is 0 Å². The van der Waals surface area contributed by atoms with Crippen LogP contribution in [0, 0.1) is 20.2 Å². The predicted octanol–water partition coefficient (Wildman–Crippen LogP) is 4.21. The van der Waals surface area contributed by atoms with Crippen LogP contribution in [0.1, 0.15) is 41.5 Å². The summed E-state index contributed by atoms with van der Waals surface area (Å²) in [5.41, 5.74) is 0.312. The van der Waals surface area contributed by atoms with Crippen LogP contribution < -0.4 is 9.80 Å². The molecule has 17 nitrogen and oxygen atoms in total. The van der Waals surface area contributed by atoms with E-state index in [1.165, 1.54) is 41.2 Å². The summed E-state index contributed by atoms with van der Waals surface area (Å²) < 4.78 is 15.6. The fourth-order valence-corrected chi connectivity index (χ4v) is 5.27. The molecule has 2 saturated heterocycles. The number of benzene rings is 2. The van der Waals surface area contributed by atoms with Crippen molar-refractivity contribution < 1.29 is 43.5 Å². The maximum Gasteiger partial charge on any atom is 0.411 e. The highest BCUT2D eigenvalue weighted by Gasteiger charge is 2.38. The smallest absolute Gasteiger partial charge is 0.411 e. The summed E-state index contributed by atoms with van der Waals surface area (Å²) in [6.07, 6.45) is -1.01. The number of nitrogens with zero attached hydrogens (tertiary/aromatic N) is 6. The summed E-state index contributed by atoms with van der Waals surface area (Å²) in [4.78, 5) is 64.2. The van der Waals surface area contributed by atoms with E-state index in [1.807, 2.05) is 9.80 Å². The molecule has 2 aromatic carbocycles. The first-order valence-corrected chi connectivity index (χ1v) is 16.0. The lowest BCUT2D eigenvalue weighted by Crippen LogP contribution is -2.59. The Bertz CT molecular complexity index is 1510. The fraction of sp³-hybridized carbons (Fsp3) is 0.545. The van der Waals surface area contributed by atoms with Gasteiger partial charge in [0.1, 0.15) is 11.2 Å². The molecule has 274 valence electrons. The number of anilines is 2. The van der Waals surface area contributed by atoms with E-state index in [0.717, 1.165) is 11.4 Å². The van der Waals surface area contributed by atoms with Gasteiger partial charge in [0.25, 0.3) is 11.4 Å². The molecule has 2 fully saturated rings. The Morgan fingerprint density at radius 3 is 1.50 bits per heavy atom. The van der Waals surface area contributed by atoms with Crippen LogP contribution in [0.15, 0.2) is 48.5 Å². The topological polar surface area (TPSA) is 198 Å². The maximum atomic E-state index is 12.4. The minimum Gasteiger partial charge on any atom is -0.467 e. The minimum atomic E-state index is -0.821. The van der Waals surface area contributed by atoms with E-state index in [9.17, 15) is 39.7 Å². The average Bonchev–Trinajstić information content (AvgIpc) is 3.06. The first-order chi connectivity index (χ1) is 23.3. The molecule has 0 aromatic heterocycles. The van der Waals surface area contributed by atoms with E-state index in [2.05, 4.69) is 0 Å². The Kier molecular flexibility index (Phi) is 12.9. The third-order valence-corrected chi connectivity index (χ3v) is 7.65. The van der Waals surface area contributed by atoms with Gasteiger partial charge in [0.15, 0.2) is 6.04 Å². The summed E-state index contributed by atoms with van der Waals surface area (Å²) in [7, 11) is 1.26. The van der Waals surface area contributed by atoms with Gasteiger partial charge in [0.05, 0.1) is 29.6 Å². The number of esters is 1. The van der Waals surface area contributed by atoms with Crippen LogP contribution in [0.3, 0.4) is 0 Å². The molecule has 17 heteroatoms. The molecule has 0 bridgehead atoms. The van der Waals surface area contributed by atoms with Crippen LogP contribution in [-0.2, 0) is 19.0 Å². The SMILES string of the molecule is CC(C)(C)OC(=O)N1CCN(c2ccc([N+](=O)[O-])cc2)CC1CO.COC(=O)C1CN(c2ccc([N+](=O)[O-])cc2)CCN1C(=O)OC(C)(C)C. The molecule has 2 atom stereocenters. The number of non-ortho nitro benzene ring substituents is 2. The highest BCUT2D eigenvalue weighted by Crippen LogP contribution is 2.25. The molecular weight excluding hydrogens is 656 g/mol. The lowest BCUT2D eigenvalue weighted by molar-refractivity contribution is -0.385. The normalized spacial score (nSPS) is 18.0. The van der Waals surface area contributed by atoms with Gasteiger partial charge >= 0.3 is 18.2 Å². The van der Waals surface area contributed by atoms with Gasteiger partial charge in [-0.05, 0) is 65.8 Å². The summed E-state index contributed by atoms with van der Waals surface area (Å²) >= 11 is 0. The molecule has 2 amide bonds. The third-order valence-electron chi connectivity index (χ3n) is 7.65. The molecule has 1 N–H and O–H groups in total. The highest BCUT2D eigenvalue weighted by molar-refractivity contribution is 5.83. The number of carbonyl (C=O) groups is 3. The van der Waals surface area contributed by atoms with Gasteiger partial charge in [0, 0.05) is 74.9 Å².